The van der Waals surface area contributed by atoms with Crippen molar-refractivity contribution in [2.45, 2.75) is 66.3 Å². The maximum Gasteiger partial charge on any atom is 0.0897 e. The molecule has 0 saturated heterocycles. The number of thiazole rings is 1. The second-order valence-corrected chi connectivity index (χ2v) is 8.61. The van der Waals surface area contributed by atoms with E-state index < -0.39 is 0 Å². The zero-order chi connectivity index (χ0) is 14.8. The van der Waals surface area contributed by atoms with Crippen molar-refractivity contribution in [2.75, 3.05) is 6.54 Å². The van der Waals surface area contributed by atoms with Gasteiger partial charge in [-0.2, -0.15) is 0 Å². The van der Waals surface area contributed by atoms with Crippen LogP contribution in [0.4, 0.5) is 0 Å². The molecule has 1 saturated carbocycles. The molecule has 0 aromatic carbocycles. The molecule has 1 heterocycles. The SMILES string of the molecule is Cc1nc(CC2CC(C)(C)CCC2CNC(C)C)cs1. The van der Waals surface area contributed by atoms with E-state index in [-0.39, 0.29) is 0 Å². The number of rotatable bonds is 5. The third-order valence-corrected chi connectivity index (χ3v) is 5.42. The zero-order valence-electron chi connectivity index (χ0n) is 13.7. The Balaban J connectivity index is 2.01. The predicted octanol–water partition coefficient (Wildman–Crippen LogP) is 4.43. The molecule has 0 bridgehead atoms. The van der Waals surface area contributed by atoms with E-state index in [0.717, 1.165) is 18.3 Å². The highest BCUT2D eigenvalue weighted by atomic mass is 32.1. The van der Waals surface area contributed by atoms with Gasteiger partial charge in [0.05, 0.1) is 10.7 Å². The van der Waals surface area contributed by atoms with Crippen LogP contribution in [-0.4, -0.2) is 17.6 Å². The summed E-state index contributed by atoms with van der Waals surface area (Å²) in [7, 11) is 0. The van der Waals surface area contributed by atoms with Crippen LogP contribution in [0.25, 0.3) is 0 Å². The Morgan fingerprint density at radius 2 is 2.15 bits per heavy atom. The van der Waals surface area contributed by atoms with Gasteiger partial charge in [-0.05, 0) is 56.4 Å². The minimum absolute atomic E-state index is 0.504. The van der Waals surface area contributed by atoms with E-state index in [9.17, 15) is 0 Å². The number of aryl methyl sites for hydroxylation is 1. The fourth-order valence-electron chi connectivity index (χ4n) is 3.46. The second kappa shape index (κ2) is 6.57. The monoisotopic (exact) mass is 294 g/mol. The Hall–Kier alpha value is -0.410. The molecule has 1 aliphatic rings. The van der Waals surface area contributed by atoms with Gasteiger partial charge in [0, 0.05) is 11.4 Å². The molecule has 20 heavy (non-hydrogen) atoms. The third kappa shape index (κ3) is 4.56. The Kier molecular flexibility index (Phi) is 5.25. The van der Waals surface area contributed by atoms with E-state index in [1.165, 1.54) is 36.5 Å². The van der Waals surface area contributed by atoms with Crippen molar-refractivity contribution in [1.82, 2.24) is 10.3 Å². The molecule has 1 aromatic heterocycles. The van der Waals surface area contributed by atoms with Crippen molar-refractivity contribution >= 4 is 11.3 Å². The van der Waals surface area contributed by atoms with Gasteiger partial charge in [-0.3, -0.25) is 0 Å². The van der Waals surface area contributed by atoms with Gasteiger partial charge in [0.15, 0.2) is 0 Å². The minimum atomic E-state index is 0.504. The molecule has 3 heteroatoms. The van der Waals surface area contributed by atoms with Gasteiger partial charge in [0.25, 0.3) is 0 Å². The van der Waals surface area contributed by atoms with Gasteiger partial charge in [-0.1, -0.05) is 27.7 Å². The molecule has 2 unspecified atom stereocenters. The van der Waals surface area contributed by atoms with Gasteiger partial charge < -0.3 is 5.32 Å². The van der Waals surface area contributed by atoms with Crippen molar-refractivity contribution in [2.24, 2.45) is 17.3 Å². The van der Waals surface area contributed by atoms with Crippen molar-refractivity contribution in [1.29, 1.82) is 0 Å². The molecule has 1 aliphatic carbocycles. The Bertz CT molecular complexity index is 420. The molecule has 1 fully saturated rings. The van der Waals surface area contributed by atoms with Crippen molar-refractivity contribution in [3.05, 3.63) is 16.1 Å². The molecule has 2 rings (SSSR count). The molecule has 0 aliphatic heterocycles. The van der Waals surface area contributed by atoms with Gasteiger partial charge >= 0.3 is 0 Å². The number of hydrogen-bond acceptors (Lipinski definition) is 3. The normalized spacial score (nSPS) is 26.1. The van der Waals surface area contributed by atoms with Crippen LogP contribution in [-0.2, 0) is 6.42 Å². The first kappa shape index (κ1) is 16.0. The predicted molar refractivity (Wildman–Crippen MR) is 88.3 cm³/mol. The van der Waals surface area contributed by atoms with Crippen molar-refractivity contribution in [3.63, 3.8) is 0 Å². The van der Waals surface area contributed by atoms with E-state index in [4.69, 9.17) is 0 Å². The fourth-order valence-corrected chi connectivity index (χ4v) is 4.08. The van der Waals surface area contributed by atoms with Crippen LogP contribution in [0.3, 0.4) is 0 Å². The first-order valence-electron chi connectivity index (χ1n) is 8.00. The summed E-state index contributed by atoms with van der Waals surface area (Å²) in [5, 5.41) is 7.10. The Morgan fingerprint density at radius 3 is 2.75 bits per heavy atom. The Labute approximate surface area is 128 Å². The minimum Gasteiger partial charge on any atom is -0.314 e. The first-order valence-corrected chi connectivity index (χ1v) is 8.88. The summed E-state index contributed by atoms with van der Waals surface area (Å²) in [5.74, 6) is 1.60. The maximum atomic E-state index is 4.68. The summed E-state index contributed by atoms with van der Waals surface area (Å²) in [6.45, 7) is 12.6. The Morgan fingerprint density at radius 1 is 1.40 bits per heavy atom. The second-order valence-electron chi connectivity index (χ2n) is 7.55. The highest BCUT2D eigenvalue weighted by Gasteiger charge is 2.34. The highest BCUT2D eigenvalue weighted by Crippen LogP contribution is 2.43. The van der Waals surface area contributed by atoms with E-state index in [1.807, 2.05) is 0 Å². The first-order chi connectivity index (χ1) is 9.35. The summed E-state index contributed by atoms with van der Waals surface area (Å²) in [6, 6.07) is 0.590. The number of hydrogen-bond donors (Lipinski definition) is 1. The summed E-state index contributed by atoms with van der Waals surface area (Å²) < 4.78 is 0. The van der Waals surface area contributed by atoms with Crippen molar-refractivity contribution < 1.29 is 0 Å². The van der Waals surface area contributed by atoms with Crippen LogP contribution in [0.5, 0.6) is 0 Å². The standard InChI is InChI=1S/C17H30N2S/c1-12(2)18-10-14-6-7-17(4,5)9-15(14)8-16-11-20-13(3)19-16/h11-12,14-15,18H,6-10H2,1-5H3. The quantitative estimate of drug-likeness (QED) is 0.868. The van der Waals surface area contributed by atoms with Crippen molar-refractivity contribution in [3.8, 4) is 0 Å². The lowest BCUT2D eigenvalue weighted by atomic mass is 9.66. The van der Waals surface area contributed by atoms with Crippen LogP contribution in [0, 0.1) is 24.2 Å². The van der Waals surface area contributed by atoms with Crippen LogP contribution in [0.2, 0.25) is 0 Å². The topological polar surface area (TPSA) is 24.9 Å². The average Bonchev–Trinajstić information content (AvgIpc) is 2.72. The zero-order valence-corrected chi connectivity index (χ0v) is 14.5. The molecule has 0 spiro atoms. The maximum absolute atomic E-state index is 4.68. The lowest BCUT2D eigenvalue weighted by Gasteiger charge is -2.41. The van der Waals surface area contributed by atoms with Gasteiger partial charge in [-0.15, -0.1) is 11.3 Å². The average molecular weight is 295 g/mol. The third-order valence-electron chi connectivity index (χ3n) is 4.60. The summed E-state index contributed by atoms with van der Waals surface area (Å²) >= 11 is 1.79. The molecule has 0 amide bonds. The van der Waals surface area contributed by atoms with Gasteiger partial charge in [0.1, 0.15) is 0 Å². The smallest absolute Gasteiger partial charge is 0.0897 e. The van der Waals surface area contributed by atoms with E-state index >= 15 is 0 Å². The molecule has 0 radical (unpaired) electrons. The molecule has 1 aromatic rings. The largest absolute Gasteiger partial charge is 0.314 e. The van der Waals surface area contributed by atoms with E-state index in [2.05, 4.69) is 50.3 Å². The molecule has 114 valence electrons. The molecule has 2 nitrogen and oxygen atoms in total. The molecule has 1 N–H and O–H groups in total. The number of aromatic nitrogens is 1. The molecule has 2 atom stereocenters. The van der Waals surface area contributed by atoms with Gasteiger partial charge in [0.2, 0.25) is 0 Å². The lowest BCUT2D eigenvalue weighted by molar-refractivity contribution is 0.114. The molecular weight excluding hydrogens is 264 g/mol. The molecular formula is C17H30N2S. The fraction of sp³-hybridized carbons (Fsp3) is 0.824. The highest BCUT2D eigenvalue weighted by molar-refractivity contribution is 7.09. The number of nitrogens with one attached hydrogen (secondary N) is 1. The summed E-state index contributed by atoms with van der Waals surface area (Å²) in [6.07, 6.45) is 5.23. The van der Waals surface area contributed by atoms with Gasteiger partial charge in [-0.25, -0.2) is 4.98 Å². The van der Waals surface area contributed by atoms with Crippen LogP contribution in [0.1, 0.15) is 57.7 Å². The van der Waals surface area contributed by atoms with E-state index in [1.54, 1.807) is 11.3 Å². The lowest BCUT2D eigenvalue weighted by Crippen LogP contribution is -2.38. The van der Waals surface area contributed by atoms with Crippen LogP contribution in [0.15, 0.2) is 5.38 Å². The number of nitrogens with zero attached hydrogens (tertiary/aromatic N) is 1. The van der Waals surface area contributed by atoms with E-state index in [0.29, 0.717) is 11.5 Å². The van der Waals surface area contributed by atoms with Crippen LogP contribution >= 0.6 is 11.3 Å². The summed E-state index contributed by atoms with van der Waals surface area (Å²) in [4.78, 5) is 4.68. The summed E-state index contributed by atoms with van der Waals surface area (Å²) in [5.41, 5.74) is 1.81. The van der Waals surface area contributed by atoms with Crippen LogP contribution < -0.4 is 5.32 Å².